The average Bonchev–Trinajstić information content (AvgIpc) is 2.77. The molecule has 8 heteroatoms. The summed E-state index contributed by atoms with van der Waals surface area (Å²) in [6.07, 6.45) is 3.45. The zero-order valence-corrected chi connectivity index (χ0v) is 17.8. The van der Waals surface area contributed by atoms with Crippen molar-refractivity contribution in [1.82, 2.24) is 4.31 Å². The number of amides is 1. The topological polar surface area (TPSA) is 57.7 Å². The average molecular weight is 447 g/mol. The summed E-state index contributed by atoms with van der Waals surface area (Å²) in [5.74, 6) is -1.98. The van der Waals surface area contributed by atoms with Gasteiger partial charge in [-0.05, 0) is 49.0 Å². The fourth-order valence-electron chi connectivity index (χ4n) is 4.26. The van der Waals surface area contributed by atoms with Crippen molar-refractivity contribution >= 4 is 27.7 Å². The summed E-state index contributed by atoms with van der Waals surface area (Å²) in [5, 5.41) is 1.19. The van der Waals surface area contributed by atoms with Crippen molar-refractivity contribution < 1.29 is 22.0 Å². The summed E-state index contributed by atoms with van der Waals surface area (Å²) in [6.45, 7) is 0.835. The van der Waals surface area contributed by atoms with E-state index in [4.69, 9.17) is 0 Å². The van der Waals surface area contributed by atoms with Crippen LogP contribution in [0.4, 0.5) is 14.5 Å². The number of hydrogen-bond acceptors (Lipinski definition) is 3. The van der Waals surface area contributed by atoms with Crippen molar-refractivity contribution in [3.8, 4) is 0 Å². The molecule has 2 heterocycles. The predicted octanol–water partition coefficient (Wildman–Crippen LogP) is 3.96. The van der Waals surface area contributed by atoms with E-state index in [-0.39, 0.29) is 30.6 Å². The lowest BCUT2D eigenvalue weighted by molar-refractivity contribution is -0.123. The van der Waals surface area contributed by atoms with Crippen LogP contribution in [0.2, 0.25) is 0 Å². The van der Waals surface area contributed by atoms with Crippen LogP contribution in [0.15, 0.2) is 47.9 Å². The quantitative estimate of drug-likeness (QED) is 0.715. The molecule has 0 unspecified atom stereocenters. The lowest BCUT2D eigenvalue weighted by atomic mass is 9.93. The first-order valence-electron chi connectivity index (χ1n) is 10.4. The second kappa shape index (κ2) is 8.88. The molecule has 1 saturated heterocycles. The molecule has 0 aromatic heterocycles. The summed E-state index contributed by atoms with van der Waals surface area (Å²) < 4.78 is 54.6. The molecule has 2 aliphatic rings. The third kappa shape index (κ3) is 4.70. The third-order valence-corrected chi connectivity index (χ3v) is 7.43. The Bertz CT molecular complexity index is 1100. The van der Waals surface area contributed by atoms with E-state index < -0.39 is 21.7 Å². The first kappa shape index (κ1) is 21.6. The summed E-state index contributed by atoms with van der Waals surface area (Å²) in [7, 11) is -3.59. The fourth-order valence-corrected chi connectivity index (χ4v) is 5.49. The number of rotatable bonds is 4. The largest absolute Gasteiger partial charge is 0.309 e. The Morgan fingerprint density at radius 1 is 1.03 bits per heavy atom. The van der Waals surface area contributed by atoms with Gasteiger partial charge in [-0.15, -0.1) is 0 Å². The van der Waals surface area contributed by atoms with Crippen LogP contribution in [0, 0.1) is 17.6 Å². The summed E-state index contributed by atoms with van der Waals surface area (Å²) in [6, 6.07) is 11.2. The normalized spacial score (nSPS) is 18.3. The van der Waals surface area contributed by atoms with Crippen molar-refractivity contribution in [2.75, 3.05) is 24.5 Å². The van der Waals surface area contributed by atoms with Crippen molar-refractivity contribution in [1.29, 1.82) is 0 Å². The molecule has 31 heavy (non-hydrogen) atoms. The highest BCUT2D eigenvalue weighted by molar-refractivity contribution is 7.92. The molecule has 0 bridgehead atoms. The number of aryl methyl sites for hydroxylation is 1. The SMILES string of the molecule is O=C(C1CCN(S(=O)(=O)C=Cc2ccccc2)CC1)N1CCCc2cc(F)cc(F)c21. The summed E-state index contributed by atoms with van der Waals surface area (Å²) >= 11 is 0. The van der Waals surface area contributed by atoms with Gasteiger partial charge in [0.15, 0.2) is 0 Å². The molecule has 1 amide bonds. The molecule has 0 spiro atoms. The van der Waals surface area contributed by atoms with Gasteiger partial charge in [0, 0.05) is 37.0 Å². The molecule has 0 N–H and O–H groups in total. The van der Waals surface area contributed by atoms with Crippen LogP contribution in [0.25, 0.3) is 6.08 Å². The van der Waals surface area contributed by atoms with Gasteiger partial charge in [-0.1, -0.05) is 30.3 Å². The van der Waals surface area contributed by atoms with Crippen LogP contribution in [0.3, 0.4) is 0 Å². The van der Waals surface area contributed by atoms with Crippen LogP contribution >= 0.6 is 0 Å². The number of fused-ring (bicyclic) bond motifs is 1. The standard InChI is InChI=1S/C23H24F2N2O3S/c24-20-15-19-7-4-11-27(22(19)21(25)16-20)23(28)18-8-12-26(13-9-18)31(29,30)14-10-17-5-2-1-3-6-17/h1-3,5-6,10,14-16,18H,4,7-9,11-13H2. The molecular formula is C23H24F2N2O3S. The molecule has 1 fully saturated rings. The monoisotopic (exact) mass is 446 g/mol. The Morgan fingerprint density at radius 3 is 2.45 bits per heavy atom. The maximum atomic E-state index is 14.4. The van der Waals surface area contributed by atoms with E-state index in [1.54, 1.807) is 6.08 Å². The van der Waals surface area contributed by atoms with Crippen LogP contribution in [0.5, 0.6) is 0 Å². The van der Waals surface area contributed by atoms with Gasteiger partial charge in [-0.3, -0.25) is 4.79 Å². The Hall–Kier alpha value is -2.58. The Balaban J connectivity index is 1.43. The van der Waals surface area contributed by atoms with Gasteiger partial charge in [0.25, 0.3) is 0 Å². The van der Waals surface area contributed by atoms with Crippen LogP contribution < -0.4 is 4.90 Å². The highest BCUT2D eigenvalue weighted by atomic mass is 32.2. The number of sulfonamides is 1. The van der Waals surface area contributed by atoms with Gasteiger partial charge in [0.1, 0.15) is 11.6 Å². The van der Waals surface area contributed by atoms with Crippen LogP contribution in [0.1, 0.15) is 30.4 Å². The Labute approximate surface area is 181 Å². The molecular weight excluding hydrogens is 422 g/mol. The highest BCUT2D eigenvalue weighted by Gasteiger charge is 2.35. The number of halogens is 2. The van der Waals surface area contributed by atoms with E-state index in [0.717, 1.165) is 11.6 Å². The van der Waals surface area contributed by atoms with E-state index in [0.29, 0.717) is 37.8 Å². The van der Waals surface area contributed by atoms with E-state index in [2.05, 4.69) is 0 Å². The van der Waals surface area contributed by atoms with Crippen LogP contribution in [-0.2, 0) is 21.2 Å². The first-order valence-corrected chi connectivity index (χ1v) is 11.9. The van der Waals surface area contributed by atoms with Crippen molar-refractivity contribution in [2.24, 2.45) is 5.92 Å². The molecule has 0 aliphatic carbocycles. The number of carbonyl (C=O) groups excluding carboxylic acids is 1. The molecule has 5 nitrogen and oxygen atoms in total. The summed E-state index contributed by atoms with van der Waals surface area (Å²) in [4.78, 5) is 14.5. The number of benzene rings is 2. The second-order valence-corrected chi connectivity index (χ2v) is 9.74. The summed E-state index contributed by atoms with van der Waals surface area (Å²) in [5.41, 5.74) is 1.46. The number of carbonyl (C=O) groups is 1. The lowest BCUT2D eigenvalue weighted by Crippen LogP contribution is -2.45. The molecule has 0 atom stereocenters. The van der Waals surface area contributed by atoms with Crippen molar-refractivity contribution in [3.05, 3.63) is 70.6 Å². The molecule has 164 valence electrons. The van der Waals surface area contributed by atoms with Gasteiger partial charge in [0.2, 0.25) is 15.9 Å². The maximum absolute atomic E-state index is 14.4. The number of anilines is 1. The highest BCUT2D eigenvalue weighted by Crippen LogP contribution is 2.33. The Morgan fingerprint density at radius 2 is 1.74 bits per heavy atom. The second-order valence-electron chi connectivity index (χ2n) is 7.92. The lowest BCUT2D eigenvalue weighted by Gasteiger charge is -2.35. The first-order chi connectivity index (χ1) is 14.8. The van der Waals surface area contributed by atoms with Crippen molar-refractivity contribution in [3.63, 3.8) is 0 Å². The zero-order valence-electron chi connectivity index (χ0n) is 17.0. The minimum atomic E-state index is -3.59. The minimum absolute atomic E-state index is 0.165. The number of piperidine rings is 1. The van der Waals surface area contributed by atoms with E-state index in [1.165, 1.54) is 20.7 Å². The number of nitrogens with zero attached hydrogens (tertiary/aromatic N) is 2. The molecule has 2 aromatic carbocycles. The van der Waals surface area contributed by atoms with Gasteiger partial charge in [-0.2, -0.15) is 4.31 Å². The molecule has 0 saturated carbocycles. The third-order valence-electron chi connectivity index (χ3n) is 5.87. The smallest absolute Gasteiger partial charge is 0.236 e. The maximum Gasteiger partial charge on any atom is 0.236 e. The molecule has 2 aliphatic heterocycles. The minimum Gasteiger partial charge on any atom is -0.309 e. The van der Waals surface area contributed by atoms with E-state index >= 15 is 0 Å². The van der Waals surface area contributed by atoms with E-state index in [9.17, 15) is 22.0 Å². The Kier molecular flexibility index (Phi) is 6.20. The van der Waals surface area contributed by atoms with Crippen molar-refractivity contribution in [2.45, 2.75) is 25.7 Å². The van der Waals surface area contributed by atoms with Crippen LogP contribution in [-0.4, -0.2) is 38.3 Å². The van der Waals surface area contributed by atoms with Gasteiger partial charge >= 0.3 is 0 Å². The fraction of sp³-hybridized carbons (Fsp3) is 0.348. The number of hydrogen-bond donors (Lipinski definition) is 0. The molecule has 2 aromatic rings. The van der Waals surface area contributed by atoms with Gasteiger partial charge < -0.3 is 4.90 Å². The molecule has 4 rings (SSSR count). The zero-order chi connectivity index (χ0) is 22.0. The van der Waals surface area contributed by atoms with Gasteiger partial charge in [0.05, 0.1) is 5.69 Å². The predicted molar refractivity (Wildman–Crippen MR) is 116 cm³/mol. The van der Waals surface area contributed by atoms with Gasteiger partial charge in [-0.25, -0.2) is 17.2 Å². The molecule has 0 radical (unpaired) electrons. The van der Waals surface area contributed by atoms with E-state index in [1.807, 2.05) is 30.3 Å².